The maximum Gasteiger partial charge on any atom is 0.0631 e. The highest BCUT2D eigenvalue weighted by molar-refractivity contribution is 5.67. The van der Waals surface area contributed by atoms with Crippen LogP contribution in [0.15, 0.2) is 54.6 Å². The van der Waals surface area contributed by atoms with Gasteiger partial charge in [0.1, 0.15) is 0 Å². The Morgan fingerprint density at radius 3 is 2.15 bits per heavy atom. The van der Waals surface area contributed by atoms with Crippen LogP contribution in [0.5, 0.6) is 0 Å². The lowest BCUT2D eigenvalue weighted by molar-refractivity contribution is 0.763. The molecule has 0 aliphatic rings. The van der Waals surface area contributed by atoms with Gasteiger partial charge in [-0.2, -0.15) is 0 Å². The minimum absolute atomic E-state index is 0.176. The molecule has 20 heavy (non-hydrogen) atoms. The molecule has 0 aromatic heterocycles. The molecule has 0 bridgehead atoms. The normalized spacial score (nSPS) is 11.9. The third-order valence-corrected chi connectivity index (χ3v) is 3.70. The summed E-state index contributed by atoms with van der Waals surface area (Å²) in [6.45, 7) is 2.11. The SMILES string of the molecule is CC[C@H](C=N)N(C)c1ccc(Cc2ccccc2)cc1. The van der Waals surface area contributed by atoms with Crippen LogP contribution in [0.4, 0.5) is 5.69 Å². The van der Waals surface area contributed by atoms with Crippen molar-refractivity contribution in [2.75, 3.05) is 11.9 Å². The largest absolute Gasteiger partial charge is 0.367 e. The summed E-state index contributed by atoms with van der Waals surface area (Å²) in [6, 6.07) is 19.3. The summed E-state index contributed by atoms with van der Waals surface area (Å²) in [7, 11) is 2.05. The molecule has 2 aromatic rings. The molecule has 0 fully saturated rings. The molecule has 0 unspecified atom stereocenters. The first-order valence-electron chi connectivity index (χ1n) is 7.11. The van der Waals surface area contributed by atoms with Crippen LogP contribution < -0.4 is 4.90 Å². The van der Waals surface area contributed by atoms with Gasteiger partial charge in [0, 0.05) is 18.9 Å². The van der Waals surface area contributed by atoms with Crippen LogP contribution in [0.3, 0.4) is 0 Å². The highest BCUT2D eigenvalue weighted by Crippen LogP contribution is 2.18. The van der Waals surface area contributed by atoms with Crippen molar-refractivity contribution in [1.82, 2.24) is 0 Å². The van der Waals surface area contributed by atoms with E-state index in [2.05, 4.69) is 60.4 Å². The fourth-order valence-electron chi connectivity index (χ4n) is 2.38. The van der Waals surface area contributed by atoms with Crippen molar-refractivity contribution in [3.05, 3.63) is 65.7 Å². The van der Waals surface area contributed by atoms with Crippen molar-refractivity contribution in [2.45, 2.75) is 25.8 Å². The molecule has 2 nitrogen and oxygen atoms in total. The van der Waals surface area contributed by atoms with Gasteiger partial charge in [0.25, 0.3) is 0 Å². The van der Waals surface area contributed by atoms with Crippen LogP contribution in [0.1, 0.15) is 24.5 Å². The summed E-state index contributed by atoms with van der Waals surface area (Å²) in [4.78, 5) is 2.15. The van der Waals surface area contributed by atoms with Gasteiger partial charge in [-0.1, -0.05) is 49.4 Å². The van der Waals surface area contributed by atoms with E-state index in [1.54, 1.807) is 0 Å². The third kappa shape index (κ3) is 3.47. The molecule has 0 amide bonds. The minimum Gasteiger partial charge on any atom is -0.367 e. The fourth-order valence-corrected chi connectivity index (χ4v) is 2.38. The number of anilines is 1. The van der Waals surface area contributed by atoms with Gasteiger partial charge in [-0.3, -0.25) is 0 Å². The van der Waals surface area contributed by atoms with E-state index in [4.69, 9.17) is 5.41 Å². The van der Waals surface area contributed by atoms with E-state index < -0.39 is 0 Å². The second-order valence-corrected chi connectivity index (χ2v) is 5.08. The maximum atomic E-state index is 7.46. The van der Waals surface area contributed by atoms with Crippen LogP contribution in [0.2, 0.25) is 0 Å². The molecule has 0 heterocycles. The van der Waals surface area contributed by atoms with E-state index in [1.807, 2.05) is 13.1 Å². The second kappa shape index (κ2) is 6.90. The van der Waals surface area contributed by atoms with Crippen molar-refractivity contribution < 1.29 is 0 Å². The van der Waals surface area contributed by atoms with Crippen LogP contribution >= 0.6 is 0 Å². The quantitative estimate of drug-likeness (QED) is 0.782. The molecule has 0 saturated carbocycles. The first-order valence-corrected chi connectivity index (χ1v) is 7.11. The molecule has 0 radical (unpaired) electrons. The van der Waals surface area contributed by atoms with Crippen molar-refractivity contribution in [3.63, 3.8) is 0 Å². The van der Waals surface area contributed by atoms with Gasteiger partial charge in [0.05, 0.1) is 6.04 Å². The van der Waals surface area contributed by atoms with Gasteiger partial charge in [0.15, 0.2) is 0 Å². The Morgan fingerprint density at radius 1 is 1.00 bits per heavy atom. The number of nitrogens with one attached hydrogen (secondary N) is 1. The van der Waals surface area contributed by atoms with Crippen LogP contribution in [-0.4, -0.2) is 19.3 Å². The number of hydrogen-bond donors (Lipinski definition) is 1. The average molecular weight is 266 g/mol. The van der Waals surface area contributed by atoms with E-state index in [1.165, 1.54) is 17.3 Å². The lowest BCUT2D eigenvalue weighted by Gasteiger charge is -2.26. The van der Waals surface area contributed by atoms with Gasteiger partial charge < -0.3 is 10.3 Å². The van der Waals surface area contributed by atoms with E-state index in [0.717, 1.165) is 18.5 Å². The molecule has 1 atom stereocenters. The molecular weight excluding hydrogens is 244 g/mol. The van der Waals surface area contributed by atoms with E-state index in [0.29, 0.717) is 0 Å². The lowest BCUT2D eigenvalue weighted by atomic mass is 10.0. The molecule has 2 rings (SSSR count). The maximum absolute atomic E-state index is 7.46. The van der Waals surface area contributed by atoms with E-state index in [-0.39, 0.29) is 6.04 Å². The van der Waals surface area contributed by atoms with Crippen LogP contribution in [0.25, 0.3) is 0 Å². The molecule has 0 aliphatic heterocycles. The first kappa shape index (κ1) is 14.3. The molecule has 0 saturated heterocycles. The molecular formula is C18H22N2. The summed E-state index contributed by atoms with van der Waals surface area (Å²) in [5, 5.41) is 7.46. The second-order valence-electron chi connectivity index (χ2n) is 5.08. The first-order chi connectivity index (χ1) is 9.74. The molecule has 2 heteroatoms. The summed E-state index contributed by atoms with van der Waals surface area (Å²) in [5.41, 5.74) is 3.81. The third-order valence-electron chi connectivity index (χ3n) is 3.70. The van der Waals surface area contributed by atoms with E-state index >= 15 is 0 Å². The number of nitrogens with zero attached hydrogens (tertiary/aromatic N) is 1. The van der Waals surface area contributed by atoms with Gasteiger partial charge in [-0.25, -0.2) is 0 Å². The minimum atomic E-state index is 0.176. The zero-order valence-corrected chi connectivity index (χ0v) is 12.2. The Bertz CT molecular complexity index is 531. The van der Waals surface area contributed by atoms with Crippen LogP contribution in [-0.2, 0) is 6.42 Å². The topological polar surface area (TPSA) is 27.1 Å². The standard InChI is InChI=1S/C18H22N2/c1-3-17(14-19)20(2)18-11-9-16(10-12-18)13-15-7-5-4-6-8-15/h4-12,14,17,19H,3,13H2,1-2H3/t17-/m1/s1. The predicted octanol–water partition coefficient (Wildman–Crippen LogP) is 4.14. The lowest BCUT2D eigenvalue weighted by Crippen LogP contribution is -2.31. The smallest absolute Gasteiger partial charge is 0.0631 e. The number of benzene rings is 2. The monoisotopic (exact) mass is 266 g/mol. The fraction of sp³-hybridized carbons (Fsp3) is 0.278. The Kier molecular flexibility index (Phi) is 4.94. The number of rotatable bonds is 6. The number of hydrogen-bond acceptors (Lipinski definition) is 2. The van der Waals surface area contributed by atoms with Crippen molar-refractivity contribution in [3.8, 4) is 0 Å². The van der Waals surface area contributed by atoms with Gasteiger partial charge in [-0.05, 0) is 36.1 Å². The van der Waals surface area contributed by atoms with Crippen molar-refractivity contribution >= 4 is 11.9 Å². The highest BCUT2D eigenvalue weighted by Gasteiger charge is 2.10. The van der Waals surface area contributed by atoms with Crippen molar-refractivity contribution in [1.29, 1.82) is 5.41 Å². The Balaban J connectivity index is 2.08. The highest BCUT2D eigenvalue weighted by atomic mass is 15.1. The summed E-state index contributed by atoms with van der Waals surface area (Å²) in [5.74, 6) is 0. The molecule has 2 aromatic carbocycles. The molecule has 0 aliphatic carbocycles. The molecule has 104 valence electrons. The Labute approximate surface area is 121 Å². The van der Waals surface area contributed by atoms with E-state index in [9.17, 15) is 0 Å². The molecule has 0 spiro atoms. The Hall–Kier alpha value is -2.09. The zero-order chi connectivity index (χ0) is 14.4. The van der Waals surface area contributed by atoms with Gasteiger partial charge >= 0.3 is 0 Å². The van der Waals surface area contributed by atoms with Gasteiger partial charge in [-0.15, -0.1) is 0 Å². The summed E-state index contributed by atoms with van der Waals surface area (Å²) >= 11 is 0. The summed E-state index contributed by atoms with van der Waals surface area (Å²) < 4.78 is 0. The van der Waals surface area contributed by atoms with Crippen molar-refractivity contribution in [2.24, 2.45) is 0 Å². The Morgan fingerprint density at radius 2 is 1.60 bits per heavy atom. The van der Waals surface area contributed by atoms with Crippen LogP contribution in [0, 0.1) is 5.41 Å². The summed E-state index contributed by atoms with van der Waals surface area (Å²) in [6.07, 6.45) is 3.43. The molecule has 1 N–H and O–H groups in total. The average Bonchev–Trinajstić information content (AvgIpc) is 2.50. The predicted molar refractivity (Wildman–Crippen MR) is 87.0 cm³/mol. The van der Waals surface area contributed by atoms with Gasteiger partial charge in [0.2, 0.25) is 0 Å². The zero-order valence-electron chi connectivity index (χ0n) is 12.2.